The number of carbonyl (C=O) groups excluding carboxylic acids is 1. The molecule has 3 fully saturated rings. The van der Waals surface area contributed by atoms with Gasteiger partial charge in [0.05, 0.1) is 0 Å². The lowest BCUT2D eigenvalue weighted by Gasteiger charge is -2.55. The number of rotatable bonds is 0. The first-order valence-electron chi connectivity index (χ1n) is 9.01. The fourth-order valence-electron chi connectivity index (χ4n) is 6.58. The summed E-state index contributed by atoms with van der Waals surface area (Å²) in [5.41, 5.74) is 1.70. The Labute approximate surface area is 132 Å². The van der Waals surface area contributed by atoms with Crippen LogP contribution in [-0.2, 0) is 4.79 Å². The van der Waals surface area contributed by atoms with Crippen molar-refractivity contribution in [2.45, 2.75) is 64.6 Å². The highest BCUT2D eigenvalue weighted by Gasteiger charge is 2.56. The van der Waals surface area contributed by atoms with Crippen LogP contribution in [0.5, 0.6) is 0 Å². The lowest BCUT2D eigenvalue weighted by molar-refractivity contribution is -0.190. The average molecular weight is 304 g/mol. The van der Waals surface area contributed by atoms with Gasteiger partial charge in [-0.05, 0) is 73.2 Å². The fourth-order valence-corrected chi connectivity index (χ4v) is 6.58. The minimum Gasteiger partial charge on any atom is -0.359 e. The molecule has 6 atom stereocenters. The Bertz CT molecular complexity index is 535. The number of hydrogen-bond acceptors (Lipinski definition) is 3. The molecule has 0 aromatic rings. The average Bonchev–Trinajstić information content (AvgIpc) is 2.82. The van der Waals surface area contributed by atoms with E-state index in [4.69, 9.17) is 0 Å². The predicted molar refractivity (Wildman–Crippen MR) is 83.8 cm³/mol. The van der Waals surface area contributed by atoms with Gasteiger partial charge in [-0.25, -0.2) is 0 Å². The van der Waals surface area contributed by atoms with E-state index in [-0.39, 0.29) is 12.3 Å². The van der Waals surface area contributed by atoms with Crippen molar-refractivity contribution in [2.75, 3.05) is 0 Å². The summed E-state index contributed by atoms with van der Waals surface area (Å²) in [6, 6.07) is 0. The normalized spacial score (nSPS) is 49.9. The van der Waals surface area contributed by atoms with Crippen LogP contribution in [0.2, 0.25) is 0 Å². The standard InChI is InChI=1S/C19H28O3/c1-11-8-12-9-16(20)19(21,22)10-14(12)13-5-7-18(2)6-3-4-15(18)17(11)13/h9,11,13-15,17,21-22H,3-8,10H2,1-2H3/t11-,13-,14+,15+,17-,18+/m1/s1. The van der Waals surface area contributed by atoms with Crippen LogP contribution < -0.4 is 0 Å². The first kappa shape index (κ1) is 14.9. The zero-order chi connectivity index (χ0) is 15.7. The molecule has 0 saturated heterocycles. The minimum atomic E-state index is -2.13. The van der Waals surface area contributed by atoms with Gasteiger partial charge in [0.2, 0.25) is 11.6 Å². The van der Waals surface area contributed by atoms with Gasteiger partial charge < -0.3 is 10.2 Å². The molecule has 4 rings (SSSR count). The molecule has 4 aliphatic carbocycles. The molecule has 0 amide bonds. The number of fused-ring (bicyclic) bond motifs is 5. The molecule has 0 heterocycles. The molecule has 2 N–H and O–H groups in total. The van der Waals surface area contributed by atoms with Crippen LogP contribution in [0.15, 0.2) is 11.6 Å². The summed E-state index contributed by atoms with van der Waals surface area (Å²) in [6.07, 6.45) is 9.27. The lowest BCUT2D eigenvalue weighted by Crippen LogP contribution is -2.52. The van der Waals surface area contributed by atoms with E-state index in [9.17, 15) is 15.0 Å². The van der Waals surface area contributed by atoms with E-state index in [1.54, 1.807) is 6.08 Å². The van der Waals surface area contributed by atoms with Crippen molar-refractivity contribution in [3.8, 4) is 0 Å². The van der Waals surface area contributed by atoms with E-state index >= 15 is 0 Å². The van der Waals surface area contributed by atoms with Gasteiger partial charge in [-0.15, -0.1) is 0 Å². The quantitative estimate of drug-likeness (QED) is 0.676. The van der Waals surface area contributed by atoms with Crippen LogP contribution in [0.25, 0.3) is 0 Å². The predicted octanol–water partition coefficient (Wildman–Crippen LogP) is 3.06. The Balaban J connectivity index is 1.70. The Morgan fingerprint density at radius 1 is 1.23 bits per heavy atom. The van der Waals surface area contributed by atoms with Gasteiger partial charge in [0, 0.05) is 6.42 Å². The molecule has 122 valence electrons. The Kier molecular flexibility index (Phi) is 3.16. The van der Waals surface area contributed by atoms with Crippen molar-refractivity contribution >= 4 is 5.78 Å². The zero-order valence-corrected chi connectivity index (χ0v) is 13.7. The van der Waals surface area contributed by atoms with Gasteiger partial charge in [-0.2, -0.15) is 0 Å². The third-order valence-electron chi connectivity index (χ3n) is 7.59. The van der Waals surface area contributed by atoms with E-state index in [2.05, 4.69) is 13.8 Å². The van der Waals surface area contributed by atoms with Crippen molar-refractivity contribution in [3.63, 3.8) is 0 Å². The van der Waals surface area contributed by atoms with Crippen LogP contribution in [0.1, 0.15) is 58.8 Å². The highest BCUT2D eigenvalue weighted by molar-refractivity contribution is 5.97. The van der Waals surface area contributed by atoms with E-state index in [0.717, 1.165) is 12.3 Å². The number of aliphatic hydroxyl groups is 2. The van der Waals surface area contributed by atoms with E-state index in [1.807, 2.05) is 0 Å². The van der Waals surface area contributed by atoms with E-state index in [0.29, 0.717) is 23.2 Å². The molecule has 0 aliphatic heterocycles. The summed E-state index contributed by atoms with van der Waals surface area (Å²) in [5, 5.41) is 20.1. The summed E-state index contributed by atoms with van der Waals surface area (Å²) >= 11 is 0. The van der Waals surface area contributed by atoms with Crippen LogP contribution in [0, 0.1) is 35.0 Å². The fraction of sp³-hybridized carbons (Fsp3) is 0.842. The van der Waals surface area contributed by atoms with E-state index < -0.39 is 11.6 Å². The molecule has 0 aromatic carbocycles. The first-order chi connectivity index (χ1) is 10.3. The molecule has 22 heavy (non-hydrogen) atoms. The van der Waals surface area contributed by atoms with Gasteiger partial charge in [-0.1, -0.05) is 25.8 Å². The highest BCUT2D eigenvalue weighted by atomic mass is 16.5. The smallest absolute Gasteiger partial charge is 0.228 e. The van der Waals surface area contributed by atoms with Crippen LogP contribution in [-0.4, -0.2) is 21.8 Å². The molecule has 4 aliphatic rings. The van der Waals surface area contributed by atoms with Crippen LogP contribution in [0.3, 0.4) is 0 Å². The van der Waals surface area contributed by atoms with Gasteiger partial charge in [-0.3, -0.25) is 4.79 Å². The maximum Gasteiger partial charge on any atom is 0.228 e. The molecule has 0 spiro atoms. The summed E-state index contributed by atoms with van der Waals surface area (Å²) in [6.45, 7) is 4.83. The number of ketones is 1. The largest absolute Gasteiger partial charge is 0.359 e. The lowest BCUT2D eigenvalue weighted by atomic mass is 9.49. The van der Waals surface area contributed by atoms with Crippen molar-refractivity contribution < 1.29 is 15.0 Å². The van der Waals surface area contributed by atoms with Crippen molar-refractivity contribution in [1.29, 1.82) is 0 Å². The molecule has 0 bridgehead atoms. The minimum absolute atomic E-state index is 0.207. The molecule has 3 heteroatoms. The van der Waals surface area contributed by atoms with E-state index in [1.165, 1.54) is 37.7 Å². The van der Waals surface area contributed by atoms with Gasteiger partial charge in [0.25, 0.3) is 0 Å². The second-order valence-corrected chi connectivity index (χ2v) is 8.82. The Morgan fingerprint density at radius 2 is 2.00 bits per heavy atom. The maximum absolute atomic E-state index is 11.9. The number of hydrogen-bond donors (Lipinski definition) is 2. The van der Waals surface area contributed by atoms with Gasteiger partial charge in [0.1, 0.15) is 0 Å². The second-order valence-electron chi connectivity index (χ2n) is 8.82. The van der Waals surface area contributed by atoms with Gasteiger partial charge in [0.15, 0.2) is 0 Å². The molecular weight excluding hydrogens is 276 g/mol. The first-order valence-corrected chi connectivity index (χ1v) is 9.01. The topological polar surface area (TPSA) is 57.5 Å². The molecular formula is C19H28O3. The molecule has 0 aromatic heterocycles. The molecule has 3 nitrogen and oxygen atoms in total. The van der Waals surface area contributed by atoms with Gasteiger partial charge >= 0.3 is 0 Å². The SMILES string of the molecule is C[C@@H]1CC2=CC(=O)C(O)(O)C[C@@H]2[C@H]2CC[C@]3(C)CCC[C@H]3[C@@H]21. The summed E-state index contributed by atoms with van der Waals surface area (Å²) in [5.74, 6) is 0.228. The summed E-state index contributed by atoms with van der Waals surface area (Å²) in [4.78, 5) is 11.9. The summed E-state index contributed by atoms with van der Waals surface area (Å²) in [7, 11) is 0. The molecule has 0 unspecified atom stereocenters. The molecule has 3 saturated carbocycles. The third-order valence-corrected chi connectivity index (χ3v) is 7.59. The Hall–Kier alpha value is -0.670. The summed E-state index contributed by atoms with van der Waals surface area (Å²) < 4.78 is 0. The van der Waals surface area contributed by atoms with Crippen LogP contribution in [0.4, 0.5) is 0 Å². The van der Waals surface area contributed by atoms with Crippen LogP contribution >= 0.6 is 0 Å². The van der Waals surface area contributed by atoms with Crippen molar-refractivity contribution in [1.82, 2.24) is 0 Å². The molecule has 0 radical (unpaired) electrons. The second kappa shape index (κ2) is 4.67. The third kappa shape index (κ3) is 1.98. The maximum atomic E-state index is 11.9. The highest BCUT2D eigenvalue weighted by Crippen LogP contribution is 2.63. The Morgan fingerprint density at radius 3 is 2.77 bits per heavy atom. The number of carbonyl (C=O) groups is 1. The van der Waals surface area contributed by atoms with Crippen molar-refractivity contribution in [3.05, 3.63) is 11.6 Å². The van der Waals surface area contributed by atoms with Crippen molar-refractivity contribution in [2.24, 2.45) is 35.0 Å². The monoisotopic (exact) mass is 304 g/mol. The number of allylic oxidation sites excluding steroid dienone is 1. The zero-order valence-electron chi connectivity index (χ0n) is 13.7.